The fraction of sp³-hybridized carbons (Fsp3) is 0.375. The van der Waals surface area contributed by atoms with Crippen LogP contribution in [0.1, 0.15) is 60.2 Å². The molecule has 5 rings (SSSR count). The fourth-order valence-electron chi connectivity index (χ4n) is 4.33. The lowest BCUT2D eigenvalue weighted by Gasteiger charge is -2.25. The van der Waals surface area contributed by atoms with Crippen LogP contribution < -0.4 is 0 Å². The zero-order valence-corrected chi connectivity index (χ0v) is 19.2. The van der Waals surface area contributed by atoms with Gasteiger partial charge in [-0.15, -0.1) is 21.5 Å². The molecule has 0 unspecified atom stereocenters. The van der Waals surface area contributed by atoms with E-state index >= 15 is 0 Å². The standard InChI is InChI=1S/C24H27N5S2/c1-3-8-19(9-4-1)17-28-14-13-25-23(28)18-31-24-27-26-22(16-21-12-7-15-30-21)29(24)20-10-5-2-6-11-20/h1,3-4,7-9,12-15,20H,2,5-6,10-11,16-18H2. The summed E-state index contributed by atoms with van der Waals surface area (Å²) in [6.45, 7) is 0.843. The minimum Gasteiger partial charge on any atom is -0.330 e. The molecule has 0 amide bonds. The summed E-state index contributed by atoms with van der Waals surface area (Å²) in [5, 5.41) is 12.4. The van der Waals surface area contributed by atoms with Crippen LogP contribution in [0.4, 0.5) is 0 Å². The number of hydrogen-bond donors (Lipinski definition) is 0. The largest absolute Gasteiger partial charge is 0.330 e. The van der Waals surface area contributed by atoms with Gasteiger partial charge < -0.3 is 9.13 Å². The molecule has 7 heteroatoms. The highest BCUT2D eigenvalue weighted by Crippen LogP contribution is 2.34. The van der Waals surface area contributed by atoms with E-state index in [-0.39, 0.29) is 0 Å². The minimum atomic E-state index is 0.519. The van der Waals surface area contributed by atoms with Crippen molar-refractivity contribution in [1.29, 1.82) is 0 Å². The molecular weight excluding hydrogens is 422 g/mol. The highest BCUT2D eigenvalue weighted by atomic mass is 32.2. The summed E-state index contributed by atoms with van der Waals surface area (Å²) < 4.78 is 4.67. The highest BCUT2D eigenvalue weighted by Gasteiger charge is 2.23. The van der Waals surface area contributed by atoms with Gasteiger partial charge in [0.2, 0.25) is 0 Å². The number of aromatic nitrogens is 5. The number of nitrogens with zero attached hydrogens (tertiary/aromatic N) is 5. The molecule has 1 fully saturated rings. The lowest BCUT2D eigenvalue weighted by Crippen LogP contribution is -2.17. The molecular formula is C24H27N5S2. The molecule has 4 aromatic rings. The Morgan fingerprint density at radius 2 is 1.84 bits per heavy atom. The first-order valence-electron chi connectivity index (χ1n) is 11.0. The van der Waals surface area contributed by atoms with Crippen molar-refractivity contribution in [3.8, 4) is 0 Å². The first-order valence-corrected chi connectivity index (χ1v) is 12.9. The zero-order chi connectivity index (χ0) is 20.9. The Morgan fingerprint density at radius 3 is 2.65 bits per heavy atom. The molecule has 31 heavy (non-hydrogen) atoms. The second kappa shape index (κ2) is 9.83. The first-order chi connectivity index (χ1) is 15.4. The molecule has 3 heterocycles. The van der Waals surface area contributed by atoms with Crippen LogP contribution >= 0.6 is 23.1 Å². The summed E-state index contributed by atoms with van der Waals surface area (Å²) in [5.74, 6) is 2.97. The maximum absolute atomic E-state index is 4.63. The van der Waals surface area contributed by atoms with Gasteiger partial charge in [0, 0.05) is 36.3 Å². The quantitative estimate of drug-likeness (QED) is 0.311. The van der Waals surface area contributed by atoms with Crippen molar-refractivity contribution in [2.75, 3.05) is 0 Å². The Bertz CT molecular complexity index is 1080. The summed E-state index contributed by atoms with van der Waals surface area (Å²) in [4.78, 5) is 5.97. The summed E-state index contributed by atoms with van der Waals surface area (Å²) in [5.41, 5.74) is 1.29. The molecule has 1 aliphatic carbocycles. The van der Waals surface area contributed by atoms with E-state index in [2.05, 4.69) is 78.4 Å². The number of hydrogen-bond acceptors (Lipinski definition) is 5. The predicted molar refractivity (Wildman–Crippen MR) is 127 cm³/mol. The van der Waals surface area contributed by atoms with E-state index in [0.29, 0.717) is 6.04 Å². The first kappa shape index (κ1) is 20.5. The van der Waals surface area contributed by atoms with Gasteiger partial charge in [0.1, 0.15) is 11.6 Å². The van der Waals surface area contributed by atoms with Gasteiger partial charge in [0.05, 0.1) is 5.75 Å². The average Bonchev–Trinajstić information content (AvgIpc) is 3.56. The van der Waals surface area contributed by atoms with Crippen molar-refractivity contribution in [3.63, 3.8) is 0 Å². The molecule has 160 valence electrons. The van der Waals surface area contributed by atoms with Crippen molar-refractivity contribution in [3.05, 3.63) is 82.3 Å². The Labute approximate surface area is 191 Å². The molecule has 3 aromatic heterocycles. The maximum Gasteiger partial charge on any atom is 0.191 e. The molecule has 0 spiro atoms. The number of benzene rings is 1. The lowest BCUT2D eigenvalue weighted by molar-refractivity contribution is 0.330. The Hall–Kier alpha value is -2.38. The molecule has 0 atom stereocenters. The van der Waals surface area contributed by atoms with Gasteiger partial charge in [-0.3, -0.25) is 0 Å². The van der Waals surface area contributed by atoms with Crippen molar-refractivity contribution < 1.29 is 0 Å². The Morgan fingerprint density at radius 1 is 0.968 bits per heavy atom. The van der Waals surface area contributed by atoms with Crippen molar-refractivity contribution >= 4 is 23.1 Å². The van der Waals surface area contributed by atoms with E-state index in [1.807, 2.05) is 6.20 Å². The summed E-state index contributed by atoms with van der Waals surface area (Å²) in [7, 11) is 0. The third-order valence-corrected chi connectivity index (χ3v) is 7.73. The molecule has 1 aliphatic rings. The van der Waals surface area contributed by atoms with E-state index in [1.165, 1.54) is 42.5 Å². The lowest BCUT2D eigenvalue weighted by atomic mass is 9.95. The third-order valence-electron chi connectivity index (χ3n) is 5.92. The van der Waals surface area contributed by atoms with Crippen LogP contribution in [-0.4, -0.2) is 24.3 Å². The SMILES string of the molecule is c1ccc(Cn2ccnc2CSc2nnc(Cc3cccs3)n2C2CCCCC2)cc1. The molecule has 5 nitrogen and oxygen atoms in total. The van der Waals surface area contributed by atoms with Crippen molar-refractivity contribution in [1.82, 2.24) is 24.3 Å². The predicted octanol–water partition coefficient (Wildman–Crippen LogP) is 5.97. The van der Waals surface area contributed by atoms with Crippen molar-refractivity contribution in [2.24, 2.45) is 0 Å². The maximum atomic E-state index is 4.63. The highest BCUT2D eigenvalue weighted by molar-refractivity contribution is 7.98. The summed E-state index contributed by atoms with van der Waals surface area (Å²) in [6.07, 6.45) is 11.2. The van der Waals surface area contributed by atoms with Gasteiger partial charge >= 0.3 is 0 Å². The molecule has 0 saturated heterocycles. The normalized spacial score (nSPS) is 14.8. The van der Waals surface area contributed by atoms with Gasteiger partial charge in [0.15, 0.2) is 5.16 Å². The molecule has 1 saturated carbocycles. The average molecular weight is 450 g/mol. The van der Waals surface area contributed by atoms with Crippen LogP contribution in [0, 0.1) is 0 Å². The number of rotatable bonds is 8. The summed E-state index contributed by atoms with van der Waals surface area (Å²) in [6, 6.07) is 15.4. The van der Waals surface area contributed by atoms with Crippen LogP contribution in [0.25, 0.3) is 0 Å². The van der Waals surface area contributed by atoms with Gasteiger partial charge in [-0.25, -0.2) is 4.98 Å². The molecule has 0 aliphatic heterocycles. The molecule has 0 bridgehead atoms. The monoisotopic (exact) mass is 449 g/mol. The smallest absolute Gasteiger partial charge is 0.191 e. The minimum absolute atomic E-state index is 0.519. The van der Waals surface area contributed by atoms with Crippen LogP contribution in [0.3, 0.4) is 0 Å². The van der Waals surface area contributed by atoms with Crippen LogP contribution in [0.2, 0.25) is 0 Å². The molecule has 1 aromatic carbocycles. The van der Waals surface area contributed by atoms with Crippen molar-refractivity contribution in [2.45, 2.75) is 62.0 Å². The Kier molecular flexibility index (Phi) is 6.51. The van der Waals surface area contributed by atoms with E-state index in [4.69, 9.17) is 0 Å². The second-order valence-corrected chi connectivity index (χ2v) is 10.0. The second-order valence-electron chi connectivity index (χ2n) is 8.06. The van der Waals surface area contributed by atoms with E-state index in [1.54, 1.807) is 23.1 Å². The van der Waals surface area contributed by atoms with E-state index in [0.717, 1.165) is 35.5 Å². The van der Waals surface area contributed by atoms with Gasteiger partial charge in [-0.2, -0.15) is 0 Å². The van der Waals surface area contributed by atoms with E-state index < -0.39 is 0 Å². The number of thioether (sulfide) groups is 1. The molecule has 0 radical (unpaired) electrons. The number of imidazole rings is 1. The summed E-state index contributed by atoms with van der Waals surface area (Å²) >= 11 is 3.56. The fourth-order valence-corrected chi connectivity index (χ4v) is 6.03. The Balaban J connectivity index is 1.35. The van der Waals surface area contributed by atoms with Gasteiger partial charge in [-0.1, -0.05) is 67.4 Å². The van der Waals surface area contributed by atoms with Crippen LogP contribution in [0.5, 0.6) is 0 Å². The topological polar surface area (TPSA) is 48.5 Å². The van der Waals surface area contributed by atoms with Gasteiger partial charge in [0.25, 0.3) is 0 Å². The molecule has 0 N–H and O–H groups in total. The van der Waals surface area contributed by atoms with Crippen LogP contribution in [0.15, 0.2) is 65.4 Å². The van der Waals surface area contributed by atoms with E-state index in [9.17, 15) is 0 Å². The number of thiophene rings is 1. The third kappa shape index (κ3) is 4.93. The zero-order valence-electron chi connectivity index (χ0n) is 17.6. The van der Waals surface area contributed by atoms with Crippen LogP contribution in [-0.2, 0) is 18.7 Å². The van der Waals surface area contributed by atoms with Gasteiger partial charge in [-0.05, 0) is 29.9 Å².